The number of methoxy groups -OCH3 is 1. The van der Waals surface area contributed by atoms with E-state index in [1.54, 1.807) is 7.11 Å². The summed E-state index contributed by atoms with van der Waals surface area (Å²) < 4.78 is 16.2. The molecule has 5 heteroatoms. The van der Waals surface area contributed by atoms with Crippen molar-refractivity contribution in [2.45, 2.75) is 33.4 Å². The lowest BCUT2D eigenvalue weighted by molar-refractivity contribution is 0.171. The summed E-state index contributed by atoms with van der Waals surface area (Å²) in [5.74, 6) is 2.21. The number of nitrogens with zero attached hydrogens (tertiary/aromatic N) is 1. The zero-order valence-electron chi connectivity index (χ0n) is 13.4. The molecule has 0 bridgehead atoms. The van der Waals surface area contributed by atoms with Gasteiger partial charge < -0.3 is 24.4 Å². The summed E-state index contributed by atoms with van der Waals surface area (Å²) in [4.78, 5) is 2.41. The molecule has 118 valence electrons. The molecule has 0 amide bonds. The summed E-state index contributed by atoms with van der Waals surface area (Å²) in [7, 11) is 1.65. The summed E-state index contributed by atoms with van der Waals surface area (Å²) in [6.45, 7) is 10.9. The smallest absolute Gasteiger partial charge is 0.231 e. The maximum absolute atomic E-state index is 5.45. The first-order valence-corrected chi connectivity index (χ1v) is 7.60. The topological polar surface area (TPSA) is 43.0 Å². The maximum atomic E-state index is 5.45. The normalized spacial score (nSPS) is 14.5. The monoisotopic (exact) mass is 294 g/mol. The second-order valence-corrected chi connectivity index (χ2v) is 5.30. The zero-order chi connectivity index (χ0) is 15.2. The number of fused-ring (bicyclic) bond motifs is 1. The quantitative estimate of drug-likeness (QED) is 0.796. The van der Waals surface area contributed by atoms with Crippen molar-refractivity contribution >= 4 is 0 Å². The van der Waals surface area contributed by atoms with Gasteiger partial charge in [-0.3, -0.25) is 0 Å². The molecule has 1 aromatic rings. The molecule has 1 N–H and O–H groups in total. The molecule has 0 saturated heterocycles. The average molecular weight is 294 g/mol. The van der Waals surface area contributed by atoms with Crippen LogP contribution in [0.2, 0.25) is 0 Å². The summed E-state index contributed by atoms with van der Waals surface area (Å²) in [6, 6.07) is 4.45. The van der Waals surface area contributed by atoms with E-state index in [1.807, 2.05) is 12.1 Å². The molecule has 0 radical (unpaired) electrons. The molecule has 1 aliphatic heterocycles. The molecule has 1 atom stereocenters. The van der Waals surface area contributed by atoms with Crippen molar-refractivity contribution in [1.82, 2.24) is 10.2 Å². The third-order valence-corrected chi connectivity index (χ3v) is 3.80. The van der Waals surface area contributed by atoms with Crippen LogP contribution in [0.3, 0.4) is 0 Å². The number of ether oxygens (including phenoxy) is 3. The predicted molar refractivity (Wildman–Crippen MR) is 83.2 cm³/mol. The Morgan fingerprint density at radius 3 is 2.71 bits per heavy atom. The number of benzene rings is 1. The number of rotatable bonds is 8. The molecule has 21 heavy (non-hydrogen) atoms. The van der Waals surface area contributed by atoms with Gasteiger partial charge >= 0.3 is 0 Å². The van der Waals surface area contributed by atoms with Gasteiger partial charge in [0.2, 0.25) is 12.5 Å². The molecule has 1 unspecified atom stereocenters. The van der Waals surface area contributed by atoms with Crippen LogP contribution in [0.1, 0.15) is 26.3 Å². The van der Waals surface area contributed by atoms with Gasteiger partial charge in [-0.05, 0) is 37.7 Å². The Bertz CT molecular complexity index is 461. The molecular weight excluding hydrogens is 268 g/mol. The highest BCUT2D eigenvalue weighted by atomic mass is 16.7. The molecule has 0 aromatic heterocycles. The summed E-state index contributed by atoms with van der Waals surface area (Å²) in [5, 5.41) is 3.55. The minimum absolute atomic E-state index is 0.265. The van der Waals surface area contributed by atoms with E-state index < -0.39 is 0 Å². The van der Waals surface area contributed by atoms with E-state index in [9.17, 15) is 0 Å². The second kappa shape index (κ2) is 7.52. The molecule has 0 saturated carbocycles. The molecule has 0 fully saturated rings. The van der Waals surface area contributed by atoms with E-state index in [0.717, 1.165) is 43.2 Å². The van der Waals surface area contributed by atoms with E-state index >= 15 is 0 Å². The van der Waals surface area contributed by atoms with Gasteiger partial charge in [0.1, 0.15) is 0 Å². The van der Waals surface area contributed by atoms with Crippen molar-refractivity contribution in [2.24, 2.45) is 0 Å². The highest BCUT2D eigenvalue weighted by Gasteiger charge is 2.20. The largest absolute Gasteiger partial charge is 0.493 e. The predicted octanol–water partition coefficient (Wildman–Crippen LogP) is 2.24. The summed E-state index contributed by atoms with van der Waals surface area (Å²) in [6.07, 6.45) is 0. The second-order valence-electron chi connectivity index (χ2n) is 5.30. The van der Waals surface area contributed by atoms with Gasteiger partial charge in [-0.1, -0.05) is 13.8 Å². The van der Waals surface area contributed by atoms with Crippen LogP contribution >= 0.6 is 0 Å². The number of likely N-dealkylation sites (N-methyl/N-ethyl adjacent to an activating group) is 1. The van der Waals surface area contributed by atoms with Gasteiger partial charge in [-0.25, -0.2) is 0 Å². The Kier molecular flexibility index (Phi) is 5.70. The van der Waals surface area contributed by atoms with Gasteiger partial charge in [0.15, 0.2) is 11.5 Å². The van der Waals surface area contributed by atoms with Gasteiger partial charge in [0, 0.05) is 19.1 Å². The van der Waals surface area contributed by atoms with Crippen LogP contribution in [0.25, 0.3) is 0 Å². The molecule has 5 nitrogen and oxygen atoms in total. The van der Waals surface area contributed by atoms with Crippen molar-refractivity contribution in [2.75, 3.05) is 33.5 Å². The third-order valence-electron chi connectivity index (χ3n) is 3.80. The van der Waals surface area contributed by atoms with Crippen LogP contribution in [0.5, 0.6) is 17.2 Å². The van der Waals surface area contributed by atoms with Gasteiger partial charge in [0.05, 0.1) is 7.11 Å². The Hall–Kier alpha value is -1.46. The van der Waals surface area contributed by atoms with E-state index in [4.69, 9.17) is 14.2 Å². The van der Waals surface area contributed by atoms with Crippen LogP contribution in [0, 0.1) is 0 Å². The van der Waals surface area contributed by atoms with E-state index in [-0.39, 0.29) is 6.79 Å². The first kappa shape index (κ1) is 15.9. The van der Waals surface area contributed by atoms with Crippen LogP contribution in [-0.2, 0) is 6.54 Å². The van der Waals surface area contributed by atoms with E-state index in [0.29, 0.717) is 11.8 Å². The molecular formula is C16H26N2O3. The highest BCUT2D eigenvalue weighted by Crippen LogP contribution is 2.41. The number of hydrogen-bond donors (Lipinski definition) is 1. The zero-order valence-corrected chi connectivity index (χ0v) is 13.4. The fraction of sp³-hybridized carbons (Fsp3) is 0.625. The van der Waals surface area contributed by atoms with E-state index in [2.05, 4.69) is 31.0 Å². The SMILES string of the molecule is CCN(CC)CC(C)NCc1cc(OC)c2c(c1)OCO2. The fourth-order valence-electron chi connectivity index (χ4n) is 2.51. The van der Waals surface area contributed by atoms with Crippen molar-refractivity contribution in [3.63, 3.8) is 0 Å². The summed E-state index contributed by atoms with van der Waals surface area (Å²) >= 11 is 0. The van der Waals surface area contributed by atoms with Crippen LogP contribution in [0.4, 0.5) is 0 Å². The van der Waals surface area contributed by atoms with Crippen molar-refractivity contribution < 1.29 is 14.2 Å². The minimum atomic E-state index is 0.265. The Labute approximate surface area is 127 Å². The van der Waals surface area contributed by atoms with Crippen LogP contribution < -0.4 is 19.5 Å². The van der Waals surface area contributed by atoms with Crippen molar-refractivity contribution in [1.29, 1.82) is 0 Å². The molecule has 1 heterocycles. The molecule has 0 aliphatic carbocycles. The lowest BCUT2D eigenvalue weighted by Gasteiger charge is -2.23. The van der Waals surface area contributed by atoms with Crippen LogP contribution in [-0.4, -0.2) is 44.5 Å². The van der Waals surface area contributed by atoms with Crippen LogP contribution in [0.15, 0.2) is 12.1 Å². The Morgan fingerprint density at radius 1 is 1.29 bits per heavy atom. The maximum Gasteiger partial charge on any atom is 0.231 e. The number of hydrogen-bond acceptors (Lipinski definition) is 5. The first-order chi connectivity index (χ1) is 10.2. The molecule has 1 aromatic carbocycles. The highest BCUT2D eigenvalue weighted by molar-refractivity contribution is 5.55. The standard InChI is InChI=1S/C16H26N2O3/c1-5-18(6-2)10-12(3)17-9-13-7-14(19-4)16-15(8-13)20-11-21-16/h7-8,12,17H,5-6,9-11H2,1-4H3. The minimum Gasteiger partial charge on any atom is -0.493 e. The lowest BCUT2D eigenvalue weighted by atomic mass is 10.1. The molecule has 1 aliphatic rings. The molecule has 0 spiro atoms. The third kappa shape index (κ3) is 4.02. The van der Waals surface area contributed by atoms with Gasteiger partial charge in [-0.2, -0.15) is 0 Å². The average Bonchev–Trinajstić information content (AvgIpc) is 2.98. The summed E-state index contributed by atoms with van der Waals surface area (Å²) in [5.41, 5.74) is 1.14. The number of nitrogens with one attached hydrogen (secondary N) is 1. The Balaban J connectivity index is 1.94. The van der Waals surface area contributed by atoms with Gasteiger partial charge in [0.25, 0.3) is 0 Å². The van der Waals surface area contributed by atoms with Crippen molar-refractivity contribution in [3.05, 3.63) is 17.7 Å². The first-order valence-electron chi connectivity index (χ1n) is 7.60. The lowest BCUT2D eigenvalue weighted by Crippen LogP contribution is -2.38. The van der Waals surface area contributed by atoms with Crippen molar-refractivity contribution in [3.8, 4) is 17.2 Å². The fourth-order valence-corrected chi connectivity index (χ4v) is 2.51. The van der Waals surface area contributed by atoms with E-state index in [1.165, 1.54) is 0 Å². The Morgan fingerprint density at radius 2 is 2.05 bits per heavy atom. The van der Waals surface area contributed by atoms with Gasteiger partial charge in [-0.15, -0.1) is 0 Å². The molecule has 2 rings (SSSR count).